The van der Waals surface area contributed by atoms with E-state index in [-0.39, 0.29) is 17.7 Å². The summed E-state index contributed by atoms with van der Waals surface area (Å²) in [6.07, 6.45) is 1.77. The van der Waals surface area contributed by atoms with E-state index in [0.717, 1.165) is 13.6 Å². The number of nitrogens with zero attached hydrogens (tertiary/aromatic N) is 2. The van der Waals surface area contributed by atoms with Crippen LogP contribution in [0.4, 0.5) is 4.39 Å². The SMILES string of the molecule is CCOC(=O)C1=C(c2ccccc2)N=c2s/c(=C\c3cc(Br)cc(I)c3OCc3ccc(Cl)cc3)c(=O)n2[C@H]1c1ccc(F)cc1. The number of hydrogen-bond acceptors (Lipinski definition) is 6. The first-order chi connectivity index (χ1) is 22.2. The zero-order chi connectivity index (χ0) is 32.4. The summed E-state index contributed by atoms with van der Waals surface area (Å²) in [5.41, 5.74) is 3.09. The van der Waals surface area contributed by atoms with Gasteiger partial charge in [0, 0.05) is 20.6 Å². The fourth-order valence-corrected chi connectivity index (χ4v) is 7.94. The van der Waals surface area contributed by atoms with Crippen LogP contribution in [0, 0.1) is 9.39 Å². The van der Waals surface area contributed by atoms with Crippen LogP contribution in [0.3, 0.4) is 0 Å². The second-order valence-electron chi connectivity index (χ2n) is 10.2. The second-order valence-corrected chi connectivity index (χ2v) is 13.7. The van der Waals surface area contributed by atoms with Crippen molar-refractivity contribution in [3.05, 3.63) is 157 Å². The average molecular weight is 830 g/mol. The zero-order valence-corrected chi connectivity index (χ0v) is 29.5. The zero-order valence-electron chi connectivity index (χ0n) is 24.2. The summed E-state index contributed by atoms with van der Waals surface area (Å²) in [5, 5.41) is 0.638. The number of ether oxygens (including phenoxy) is 2. The van der Waals surface area contributed by atoms with Gasteiger partial charge in [0.25, 0.3) is 5.56 Å². The first-order valence-corrected chi connectivity index (χ1v) is 17.2. The molecule has 46 heavy (non-hydrogen) atoms. The Morgan fingerprint density at radius 2 is 1.80 bits per heavy atom. The summed E-state index contributed by atoms with van der Waals surface area (Å²) >= 11 is 13.0. The van der Waals surface area contributed by atoms with Gasteiger partial charge in [-0.1, -0.05) is 93.5 Å². The van der Waals surface area contributed by atoms with Crippen molar-refractivity contribution >= 4 is 79.2 Å². The van der Waals surface area contributed by atoms with Crippen molar-refractivity contribution in [1.82, 2.24) is 4.57 Å². The highest BCUT2D eigenvalue weighted by Crippen LogP contribution is 2.36. The Bertz CT molecular complexity index is 2150. The van der Waals surface area contributed by atoms with Crippen molar-refractivity contribution in [2.24, 2.45) is 4.99 Å². The molecular weight excluding hydrogens is 806 g/mol. The van der Waals surface area contributed by atoms with Crippen molar-refractivity contribution in [3.8, 4) is 5.75 Å². The Hall–Kier alpha value is -3.58. The number of halogens is 4. The van der Waals surface area contributed by atoms with Crippen LogP contribution in [-0.2, 0) is 16.1 Å². The van der Waals surface area contributed by atoms with E-state index in [0.29, 0.717) is 49.1 Å². The first kappa shape index (κ1) is 32.4. The molecule has 0 fully saturated rings. The molecule has 0 N–H and O–H groups in total. The standard InChI is InChI=1S/C35H24BrClFIN2O4S/c1-2-44-34(43)29-30(21-6-4-3-5-7-21)40-35-41(31(29)22-10-14-26(38)15-11-22)33(42)28(46-35)17-23-16-24(36)18-27(39)32(23)45-19-20-8-12-25(37)13-9-20/h3-18,31H,2,19H2,1H3/b28-17-/t31-/m0/s1. The molecule has 6 nitrogen and oxygen atoms in total. The van der Waals surface area contributed by atoms with Crippen LogP contribution < -0.4 is 19.6 Å². The Kier molecular flexibility index (Phi) is 9.88. The van der Waals surface area contributed by atoms with Gasteiger partial charge in [-0.3, -0.25) is 9.36 Å². The van der Waals surface area contributed by atoms with E-state index in [1.807, 2.05) is 54.6 Å². The lowest BCUT2D eigenvalue weighted by Gasteiger charge is -2.25. The van der Waals surface area contributed by atoms with Gasteiger partial charge in [-0.25, -0.2) is 14.2 Å². The van der Waals surface area contributed by atoms with E-state index in [4.69, 9.17) is 26.1 Å². The molecule has 1 atom stereocenters. The van der Waals surface area contributed by atoms with Crippen molar-refractivity contribution in [2.45, 2.75) is 19.6 Å². The van der Waals surface area contributed by atoms with Gasteiger partial charge in [-0.2, -0.15) is 0 Å². The normalized spacial score (nSPS) is 14.5. The number of benzene rings is 4. The number of carbonyl (C=O) groups excluding carboxylic acids is 1. The number of aromatic nitrogens is 1. The average Bonchev–Trinajstić information content (AvgIpc) is 3.35. The van der Waals surface area contributed by atoms with Gasteiger partial charge in [0.2, 0.25) is 0 Å². The number of thiazole rings is 1. The molecule has 0 saturated heterocycles. The minimum absolute atomic E-state index is 0.130. The van der Waals surface area contributed by atoms with Crippen LogP contribution >= 0.6 is 61.5 Å². The van der Waals surface area contributed by atoms with Crippen molar-refractivity contribution in [2.75, 3.05) is 6.61 Å². The highest BCUT2D eigenvalue weighted by molar-refractivity contribution is 14.1. The Morgan fingerprint density at radius 3 is 2.50 bits per heavy atom. The molecule has 0 radical (unpaired) electrons. The predicted molar refractivity (Wildman–Crippen MR) is 190 cm³/mol. The number of carbonyl (C=O) groups is 1. The van der Waals surface area contributed by atoms with Crippen LogP contribution in [0.15, 0.2) is 111 Å². The van der Waals surface area contributed by atoms with E-state index >= 15 is 0 Å². The quantitative estimate of drug-likeness (QED) is 0.119. The maximum absolute atomic E-state index is 14.3. The minimum Gasteiger partial charge on any atom is -0.487 e. The minimum atomic E-state index is -0.906. The summed E-state index contributed by atoms with van der Waals surface area (Å²) in [7, 11) is 0. The van der Waals surface area contributed by atoms with Crippen LogP contribution in [0.1, 0.15) is 35.2 Å². The molecule has 0 aliphatic carbocycles. The number of fused-ring (bicyclic) bond motifs is 1. The molecule has 0 amide bonds. The predicted octanol–water partition coefficient (Wildman–Crippen LogP) is 7.67. The molecule has 0 saturated carbocycles. The molecule has 0 spiro atoms. The lowest BCUT2D eigenvalue weighted by molar-refractivity contribution is -0.138. The van der Waals surface area contributed by atoms with Gasteiger partial charge in [0.05, 0.1) is 32.0 Å². The molecule has 5 aromatic rings. The summed E-state index contributed by atoms with van der Waals surface area (Å²) in [4.78, 5) is 33.2. The Morgan fingerprint density at radius 1 is 1.09 bits per heavy atom. The third kappa shape index (κ3) is 6.76. The Balaban J connectivity index is 1.55. The molecule has 0 unspecified atom stereocenters. The van der Waals surface area contributed by atoms with Crippen LogP contribution in [-0.4, -0.2) is 17.1 Å². The molecule has 4 aromatic carbocycles. The lowest BCUT2D eigenvalue weighted by atomic mass is 9.93. The second kappa shape index (κ2) is 14.0. The molecular formula is C35H24BrClFIN2O4S. The van der Waals surface area contributed by atoms with Crippen molar-refractivity contribution in [3.63, 3.8) is 0 Å². The van der Waals surface area contributed by atoms with Gasteiger partial charge < -0.3 is 9.47 Å². The molecule has 1 aliphatic heterocycles. The van der Waals surface area contributed by atoms with Crippen LogP contribution in [0.5, 0.6) is 5.75 Å². The number of esters is 1. The Labute approximate surface area is 294 Å². The largest absolute Gasteiger partial charge is 0.487 e. The van der Waals surface area contributed by atoms with Crippen LogP contribution in [0.2, 0.25) is 5.02 Å². The van der Waals surface area contributed by atoms with Gasteiger partial charge in [0.15, 0.2) is 4.80 Å². The molecule has 6 rings (SSSR count). The molecule has 11 heteroatoms. The lowest BCUT2D eigenvalue weighted by Crippen LogP contribution is -2.40. The molecule has 0 bridgehead atoms. The van der Waals surface area contributed by atoms with Gasteiger partial charge in [-0.05, 0) is 83.1 Å². The first-order valence-electron chi connectivity index (χ1n) is 14.1. The summed E-state index contributed by atoms with van der Waals surface area (Å²) in [6.45, 7) is 2.14. The monoisotopic (exact) mass is 828 g/mol. The summed E-state index contributed by atoms with van der Waals surface area (Å²) in [5.74, 6) is -0.429. The van der Waals surface area contributed by atoms with Gasteiger partial charge in [0.1, 0.15) is 18.2 Å². The van der Waals surface area contributed by atoms with Crippen molar-refractivity contribution < 1.29 is 18.7 Å². The maximum Gasteiger partial charge on any atom is 0.338 e. The number of hydrogen-bond donors (Lipinski definition) is 0. The fraction of sp³-hybridized carbons (Fsp3) is 0.114. The van der Waals surface area contributed by atoms with E-state index < -0.39 is 17.8 Å². The molecule has 232 valence electrons. The highest BCUT2D eigenvalue weighted by atomic mass is 127. The molecule has 1 aromatic heterocycles. The smallest absolute Gasteiger partial charge is 0.338 e. The van der Waals surface area contributed by atoms with Crippen LogP contribution in [0.25, 0.3) is 11.8 Å². The van der Waals surface area contributed by atoms with E-state index in [1.165, 1.54) is 28.0 Å². The van der Waals surface area contributed by atoms with E-state index in [1.54, 1.807) is 37.3 Å². The third-order valence-corrected chi connectivity index (χ3v) is 9.67. The van der Waals surface area contributed by atoms with E-state index in [9.17, 15) is 14.0 Å². The van der Waals surface area contributed by atoms with Crippen molar-refractivity contribution in [1.29, 1.82) is 0 Å². The summed E-state index contributed by atoms with van der Waals surface area (Å²) in [6, 6.07) is 25.3. The topological polar surface area (TPSA) is 69.9 Å². The molecule has 1 aliphatic rings. The fourth-order valence-electron chi connectivity index (χ4n) is 5.12. The third-order valence-electron chi connectivity index (χ3n) is 7.18. The summed E-state index contributed by atoms with van der Waals surface area (Å²) < 4.78 is 29.4. The van der Waals surface area contributed by atoms with Gasteiger partial charge >= 0.3 is 5.97 Å². The maximum atomic E-state index is 14.3. The van der Waals surface area contributed by atoms with Gasteiger partial charge in [-0.15, -0.1) is 0 Å². The molecule has 2 heterocycles. The number of rotatable bonds is 8. The van der Waals surface area contributed by atoms with E-state index in [2.05, 4.69) is 38.5 Å². The highest BCUT2D eigenvalue weighted by Gasteiger charge is 2.35.